The molecule has 106 valence electrons. The number of halogens is 3. The largest absolute Gasteiger partial charge is 0.491 e. The van der Waals surface area contributed by atoms with Gasteiger partial charge in [-0.05, 0) is 50.9 Å². The maximum atomic E-state index is 13.7. The highest BCUT2D eigenvalue weighted by atomic mass is 79.9. The lowest BCUT2D eigenvalue weighted by Gasteiger charge is -2.14. The Morgan fingerprint density at radius 2 is 1.90 bits per heavy atom. The molecule has 0 aliphatic heterocycles. The van der Waals surface area contributed by atoms with Gasteiger partial charge in [-0.3, -0.25) is 0 Å². The number of hydrogen-bond donors (Lipinski definition) is 2. The molecule has 20 heavy (non-hydrogen) atoms. The molecule has 0 fully saturated rings. The van der Waals surface area contributed by atoms with Gasteiger partial charge in [0, 0.05) is 21.1 Å². The van der Waals surface area contributed by atoms with Crippen molar-refractivity contribution in [3.05, 3.63) is 45.1 Å². The number of nitrogen functional groups attached to an aromatic ring is 1. The zero-order valence-corrected chi connectivity index (χ0v) is 13.9. The van der Waals surface area contributed by atoms with Crippen molar-refractivity contribution in [1.29, 1.82) is 0 Å². The fourth-order valence-electron chi connectivity index (χ4n) is 1.70. The van der Waals surface area contributed by atoms with Crippen LogP contribution in [0.5, 0.6) is 5.75 Å². The highest BCUT2D eigenvalue weighted by Gasteiger charge is 2.11. The molecule has 0 amide bonds. The first-order valence-electron chi connectivity index (χ1n) is 5.95. The summed E-state index contributed by atoms with van der Waals surface area (Å²) in [5.41, 5.74) is 7.56. The van der Waals surface area contributed by atoms with Gasteiger partial charge in [0.15, 0.2) is 11.6 Å². The summed E-state index contributed by atoms with van der Waals surface area (Å²) in [6.45, 7) is 2.19. The van der Waals surface area contributed by atoms with Crippen LogP contribution in [0.2, 0.25) is 0 Å². The van der Waals surface area contributed by atoms with Crippen LogP contribution in [0.15, 0.2) is 39.3 Å². The van der Waals surface area contributed by atoms with Crippen molar-refractivity contribution < 1.29 is 9.13 Å². The fraction of sp³-hybridized carbons (Fsp3) is 0.143. The Labute approximate surface area is 133 Å². The van der Waals surface area contributed by atoms with E-state index in [1.807, 2.05) is 18.2 Å². The average Bonchev–Trinajstić information content (AvgIpc) is 2.39. The summed E-state index contributed by atoms with van der Waals surface area (Å²) in [5.74, 6) is -0.298. The summed E-state index contributed by atoms with van der Waals surface area (Å²) in [6.07, 6.45) is 0. The quantitative estimate of drug-likeness (QED) is 0.700. The predicted octanol–water partition coefficient (Wildman–Crippen LogP) is 5.08. The fourth-order valence-corrected chi connectivity index (χ4v) is 2.89. The van der Waals surface area contributed by atoms with E-state index < -0.39 is 5.82 Å². The molecule has 6 heteroatoms. The van der Waals surface area contributed by atoms with Crippen LogP contribution in [-0.2, 0) is 0 Å². The Hall–Kier alpha value is -1.27. The van der Waals surface area contributed by atoms with Gasteiger partial charge in [0.05, 0.1) is 23.7 Å². The maximum Gasteiger partial charge on any atom is 0.167 e. The summed E-state index contributed by atoms with van der Waals surface area (Å²) in [7, 11) is 0. The molecular weight excluding hydrogens is 391 g/mol. The number of hydrogen-bond acceptors (Lipinski definition) is 3. The molecule has 0 saturated heterocycles. The molecule has 0 heterocycles. The summed E-state index contributed by atoms with van der Waals surface area (Å²) in [4.78, 5) is 0. The zero-order chi connectivity index (χ0) is 14.7. The lowest BCUT2D eigenvalue weighted by Crippen LogP contribution is -2.01. The number of anilines is 3. The molecule has 0 aliphatic carbocycles. The minimum absolute atomic E-state index is 0.173. The van der Waals surface area contributed by atoms with Crippen LogP contribution < -0.4 is 15.8 Å². The third-order valence-corrected chi connectivity index (χ3v) is 3.95. The summed E-state index contributed by atoms with van der Waals surface area (Å²) in [6, 6.07) is 8.50. The second kappa shape index (κ2) is 6.45. The van der Waals surface area contributed by atoms with E-state index in [0.717, 1.165) is 14.6 Å². The highest BCUT2D eigenvalue weighted by molar-refractivity contribution is 9.11. The zero-order valence-electron chi connectivity index (χ0n) is 10.7. The van der Waals surface area contributed by atoms with Gasteiger partial charge in [-0.2, -0.15) is 0 Å². The van der Waals surface area contributed by atoms with Crippen LogP contribution in [0.1, 0.15) is 6.92 Å². The standard InChI is InChI=1S/C14H13Br2FN2O/c1-2-20-13-7-12(11(18)6-10(13)17)19-14-8(15)4-3-5-9(14)16/h3-7,19H,2,18H2,1H3. The first-order chi connectivity index (χ1) is 9.52. The number of benzene rings is 2. The molecule has 2 aromatic rings. The molecule has 2 rings (SSSR count). The van der Waals surface area contributed by atoms with Crippen LogP contribution in [0.4, 0.5) is 21.5 Å². The van der Waals surface area contributed by atoms with Crippen molar-refractivity contribution in [2.75, 3.05) is 17.7 Å². The number of ether oxygens (including phenoxy) is 1. The van der Waals surface area contributed by atoms with E-state index in [9.17, 15) is 4.39 Å². The van der Waals surface area contributed by atoms with Gasteiger partial charge in [-0.25, -0.2) is 4.39 Å². The summed E-state index contributed by atoms with van der Waals surface area (Å²) < 4.78 is 20.6. The topological polar surface area (TPSA) is 47.3 Å². The van der Waals surface area contributed by atoms with Crippen molar-refractivity contribution in [3.8, 4) is 5.75 Å². The van der Waals surface area contributed by atoms with E-state index in [1.54, 1.807) is 13.0 Å². The smallest absolute Gasteiger partial charge is 0.167 e. The van der Waals surface area contributed by atoms with Crippen molar-refractivity contribution in [2.45, 2.75) is 6.92 Å². The second-order valence-corrected chi connectivity index (χ2v) is 5.73. The predicted molar refractivity (Wildman–Crippen MR) is 87.1 cm³/mol. The first kappa shape index (κ1) is 15.1. The normalized spacial score (nSPS) is 10.4. The van der Waals surface area contributed by atoms with Crippen LogP contribution in [0.25, 0.3) is 0 Å². The van der Waals surface area contributed by atoms with Crippen molar-refractivity contribution in [2.24, 2.45) is 0 Å². The van der Waals surface area contributed by atoms with Gasteiger partial charge in [0.25, 0.3) is 0 Å². The second-order valence-electron chi connectivity index (χ2n) is 4.02. The molecular formula is C14H13Br2FN2O. The van der Waals surface area contributed by atoms with Crippen LogP contribution in [-0.4, -0.2) is 6.61 Å². The summed E-state index contributed by atoms with van der Waals surface area (Å²) in [5, 5.41) is 3.17. The van der Waals surface area contributed by atoms with E-state index >= 15 is 0 Å². The molecule has 0 bridgehead atoms. The minimum atomic E-state index is -0.471. The Morgan fingerprint density at radius 3 is 2.50 bits per heavy atom. The molecule has 0 atom stereocenters. The molecule has 3 N–H and O–H groups in total. The molecule has 0 radical (unpaired) electrons. The van der Waals surface area contributed by atoms with Crippen LogP contribution in [0, 0.1) is 5.82 Å². The Morgan fingerprint density at radius 1 is 1.25 bits per heavy atom. The van der Waals surface area contributed by atoms with E-state index in [-0.39, 0.29) is 5.75 Å². The molecule has 0 aromatic heterocycles. The van der Waals surface area contributed by atoms with E-state index in [1.165, 1.54) is 6.07 Å². The number of para-hydroxylation sites is 1. The van der Waals surface area contributed by atoms with Crippen molar-refractivity contribution in [1.82, 2.24) is 0 Å². The van der Waals surface area contributed by atoms with E-state index in [2.05, 4.69) is 37.2 Å². The average molecular weight is 404 g/mol. The van der Waals surface area contributed by atoms with Crippen LogP contribution in [0.3, 0.4) is 0 Å². The maximum absolute atomic E-state index is 13.7. The number of nitrogens with one attached hydrogen (secondary N) is 1. The highest BCUT2D eigenvalue weighted by Crippen LogP contribution is 2.36. The monoisotopic (exact) mass is 402 g/mol. The van der Waals surface area contributed by atoms with Crippen molar-refractivity contribution >= 4 is 48.9 Å². The van der Waals surface area contributed by atoms with E-state index in [0.29, 0.717) is 18.0 Å². The third-order valence-electron chi connectivity index (χ3n) is 2.63. The number of nitrogens with two attached hydrogens (primary N) is 1. The van der Waals surface area contributed by atoms with Gasteiger partial charge in [-0.15, -0.1) is 0 Å². The van der Waals surface area contributed by atoms with E-state index in [4.69, 9.17) is 10.5 Å². The van der Waals surface area contributed by atoms with Crippen LogP contribution >= 0.6 is 31.9 Å². The van der Waals surface area contributed by atoms with Gasteiger partial charge in [0.2, 0.25) is 0 Å². The minimum Gasteiger partial charge on any atom is -0.491 e. The Balaban J connectivity index is 2.40. The molecule has 3 nitrogen and oxygen atoms in total. The third kappa shape index (κ3) is 3.24. The van der Waals surface area contributed by atoms with Crippen molar-refractivity contribution in [3.63, 3.8) is 0 Å². The Bertz CT molecular complexity index is 615. The molecule has 0 aliphatic rings. The van der Waals surface area contributed by atoms with Gasteiger partial charge >= 0.3 is 0 Å². The Kier molecular flexibility index (Phi) is 4.88. The van der Waals surface area contributed by atoms with Gasteiger partial charge in [-0.1, -0.05) is 6.07 Å². The van der Waals surface area contributed by atoms with Gasteiger partial charge < -0.3 is 15.8 Å². The molecule has 2 aromatic carbocycles. The molecule has 0 spiro atoms. The molecule has 0 unspecified atom stereocenters. The molecule has 0 saturated carbocycles. The lowest BCUT2D eigenvalue weighted by molar-refractivity contribution is 0.322. The van der Waals surface area contributed by atoms with Gasteiger partial charge in [0.1, 0.15) is 0 Å². The SMILES string of the molecule is CCOc1cc(Nc2c(Br)cccc2Br)c(N)cc1F. The lowest BCUT2D eigenvalue weighted by atomic mass is 10.2. The first-order valence-corrected chi connectivity index (χ1v) is 7.54. The number of rotatable bonds is 4. The summed E-state index contributed by atoms with van der Waals surface area (Å²) >= 11 is 6.91.